The summed E-state index contributed by atoms with van der Waals surface area (Å²) in [7, 11) is 0. The molecule has 0 bridgehead atoms. The largest absolute Gasteiger partial charge is 0.379 e. The summed E-state index contributed by atoms with van der Waals surface area (Å²) in [5, 5.41) is 0. The summed E-state index contributed by atoms with van der Waals surface area (Å²) >= 11 is 0. The van der Waals surface area contributed by atoms with Crippen LogP contribution in [-0.4, -0.2) is 38.1 Å². The maximum Gasteiger partial charge on any atom is 0.104 e. The molecular weight excluding hydrogens is 588 g/mol. The molecular formula is C45H92O3. The highest BCUT2D eigenvalue weighted by Gasteiger charge is 2.20. The molecule has 0 aromatic rings. The van der Waals surface area contributed by atoms with Crippen molar-refractivity contribution >= 4 is 0 Å². The van der Waals surface area contributed by atoms with Crippen LogP contribution in [0.25, 0.3) is 0 Å². The van der Waals surface area contributed by atoms with Gasteiger partial charge in [0.2, 0.25) is 0 Å². The average Bonchev–Trinajstić information content (AvgIpc) is 3.07. The minimum Gasteiger partial charge on any atom is -0.379 e. The van der Waals surface area contributed by atoms with Crippen LogP contribution in [0.15, 0.2) is 0 Å². The Labute approximate surface area is 304 Å². The lowest BCUT2D eigenvalue weighted by Crippen LogP contribution is -2.33. The molecule has 290 valence electrons. The molecule has 1 atom stereocenters. The van der Waals surface area contributed by atoms with Crippen LogP contribution in [0.5, 0.6) is 0 Å². The van der Waals surface area contributed by atoms with Gasteiger partial charge in [0.15, 0.2) is 0 Å². The molecule has 0 aromatic heterocycles. The second-order valence-electron chi connectivity index (χ2n) is 16.0. The van der Waals surface area contributed by atoms with Crippen LogP contribution >= 0.6 is 0 Å². The van der Waals surface area contributed by atoms with E-state index >= 15 is 0 Å². The van der Waals surface area contributed by atoms with Crippen LogP contribution in [0.1, 0.15) is 253 Å². The van der Waals surface area contributed by atoms with Gasteiger partial charge in [-0.15, -0.1) is 0 Å². The first kappa shape index (κ1) is 47.9. The Balaban J connectivity index is 3.77. The zero-order valence-electron chi connectivity index (χ0n) is 34.2. The monoisotopic (exact) mass is 681 g/mol. The van der Waals surface area contributed by atoms with E-state index in [0.29, 0.717) is 13.2 Å². The zero-order valence-corrected chi connectivity index (χ0v) is 34.2. The lowest BCUT2D eigenvalue weighted by Gasteiger charge is -2.28. The Kier molecular flexibility index (Phi) is 39.6. The van der Waals surface area contributed by atoms with Gasteiger partial charge in [0.05, 0.1) is 18.8 Å². The molecule has 0 spiro atoms. The van der Waals surface area contributed by atoms with Crippen LogP contribution < -0.4 is 0 Å². The minimum absolute atomic E-state index is 0.0542. The molecule has 48 heavy (non-hydrogen) atoms. The molecule has 3 heteroatoms. The summed E-state index contributed by atoms with van der Waals surface area (Å²) in [5.41, 5.74) is -0.0848. The summed E-state index contributed by atoms with van der Waals surface area (Å²) in [4.78, 5) is 0. The first-order valence-corrected chi connectivity index (χ1v) is 22.4. The normalized spacial score (nSPS) is 12.7. The average molecular weight is 681 g/mol. The number of unbranched alkanes of at least 4 members (excludes halogenated alkanes) is 30. The highest BCUT2D eigenvalue weighted by Crippen LogP contribution is 2.18. The van der Waals surface area contributed by atoms with Crippen LogP contribution in [0.2, 0.25) is 0 Å². The van der Waals surface area contributed by atoms with Gasteiger partial charge in [-0.25, -0.2) is 0 Å². The molecule has 0 radical (unpaired) electrons. The summed E-state index contributed by atoms with van der Waals surface area (Å²) in [6.07, 6.45) is 47.2. The second-order valence-corrected chi connectivity index (χ2v) is 16.0. The summed E-state index contributed by atoms with van der Waals surface area (Å²) < 4.78 is 18.7. The molecule has 0 aliphatic carbocycles. The van der Waals surface area contributed by atoms with E-state index in [0.717, 1.165) is 32.5 Å². The van der Waals surface area contributed by atoms with Gasteiger partial charge in [-0.1, -0.05) is 220 Å². The van der Waals surface area contributed by atoms with Crippen LogP contribution in [0.4, 0.5) is 0 Å². The van der Waals surface area contributed by atoms with Crippen molar-refractivity contribution in [3.05, 3.63) is 0 Å². The van der Waals surface area contributed by atoms with Gasteiger partial charge in [0, 0.05) is 13.2 Å². The Hall–Kier alpha value is -0.120. The van der Waals surface area contributed by atoms with Crippen molar-refractivity contribution in [2.75, 3.05) is 26.4 Å². The van der Waals surface area contributed by atoms with E-state index in [4.69, 9.17) is 14.2 Å². The fourth-order valence-electron chi connectivity index (χ4n) is 7.00. The molecule has 0 aliphatic heterocycles. The van der Waals surface area contributed by atoms with Gasteiger partial charge in [0.25, 0.3) is 0 Å². The summed E-state index contributed by atoms with van der Waals surface area (Å²) in [6.45, 7) is 14.3. The first-order chi connectivity index (χ1) is 23.6. The second kappa shape index (κ2) is 39.7. The Bertz CT molecular complexity index is 577. The van der Waals surface area contributed by atoms with Crippen LogP contribution in [0.3, 0.4) is 0 Å². The molecule has 0 heterocycles. The van der Waals surface area contributed by atoms with Gasteiger partial charge in [0.1, 0.15) is 6.10 Å². The van der Waals surface area contributed by atoms with E-state index in [1.807, 2.05) is 0 Å². The fraction of sp³-hybridized carbons (Fsp3) is 1.00. The Morgan fingerprint density at radius 3 is 1.00 bits per heavy atom. The predicted molar refractivity (Wildman–Crippen MR) is 215 cm³/mol. The minimum atomic E-state index is -0.0848. The van der Waals surface area contributed by atoms with E-state index in [9.17, 15) is 0 Å². The maximum absolute atomic E-state index is 6.32. The first-order valence-electron chi connectivity index (χ1n) is 22.4. The lowest BCUT2D eigenvalue weighted by atomic mass is 10.0. The van der Waals surface area contributed by atoms with E-state index in [2.05, 4.69) is 34.6 Å². The van der Waals surface area contributed by atoms with Crippen LogP contribution in [-0.2, 0) is 14.2 Å². The van der Waals surface area contributed by atoms with Crippen molar-refractivity contribution in [1.82, 2.24) is 0 Å². The Morgan fingerprint density at radius 1 is 0.354 bits per heavy atom. The summed E-state index contributed by atoms with van der Waals surface area (Å²) in [6, 6.07) is 0. The van der Waals surface area contributed by atoms with Gasteiger partial charge in [-0.3, -0.25) is 0 Å². The van der Waals surface area contributed by atoms with Gasteiger partial charge in [-0.05, 0) is 33.1 Å². The Morgan fingerprint density at radius 2 is 0.667 bits per heavy atom. The van der Waals surface area contributed by atoms with Gasteiger partial charge >= 0.3 is 0 Å². The van der Waals surface area contributed by atoms with Crippen molar-refractivity contribution in [1.29, 1.82) is 0 Å². The lowest BCUT2D eigenvalue weighted by molar-refractivity contribution is -0.105. The van der Waals surface area contributed by atoms with Crippen molar-refractivity contribution in [3.63, 3.8) is 0 Å². The third kappa shape index (κ3) is 38.7. The standard InChI is InChI=1S/C45H92O3/c1-6-9-11-13-15-17-19-21-23-25-27-29-31-33-35-37-40-46-42-44(43-48-45(4,5)39-8-3)47-41-38-36-34-32-30-28-26-24-22-20-18-16-14-12-10-7-2/h44H,6-43H2,1-5H3/t44-/m0/s1. The number of hydrogen-bond acceptors (Lipinski definition) is 3. The zero-order chi connectivity index (χ0) is 35.1. The number of ether oxygens (including phenoxy) is 3. The molecule has 0 aromatic carbocycles. The SMILES string of the molecule is CCCCCCCCCCCCCCCCCCOC[C@@H](COC(C)(C)CCC)OCCCCCCCCCCCCCCCCCC. The third-order valence-corrected chi connectivity index (χ3v) is 10.3. The van der Waals surface area contributed by atoms with E-state index < -0.39 is 0 Å². The van der Waals surface area contributed by atoms with E-state index in [1.165, 1.54) is 199 Å². The molecule has 0 aliphatic rings. The predicted octanol–water partition coefficient (Wildman–Crippen LogP) is 15.5. The van der Waals surface area contributed by atoms with Gasteiger partial charge < -0.3 is 14.2 Å². The molecule has 0 amide bonds. The third-order valence-electron chi connectivity index (χ3n) is 10.3. The summed E-state index contributed by atoms with van der Waals surface area (Å²) in [5.74, 6) is 0. The van der Waals surface area contributed by atoms with Crippen molar-refractivity contribution in [3.8, 4) is 0 Å². The smallest absolute Gasteiger partial charge is 0.104 e. The van der Waals surface area contributed by atoms with Crippen molar-refractivity contribution in [2.45, 2.75) is 265 Å². The molecule has 0 saturated carbocycles. The van der Waals surface area contributed by atoms with Crippen molar-refractivity contribution in [2.24, 2.45) is 0 Å². The highest BCUT2D eigenvalue weighted by atomic mass is 16.6. The molecule has 0 N–H and O–H groups in total. The van der Waals surface area contributed by atoms with E-state index in [-0.39, 0.29) is 11.7 Å². The number of hydrogen-bond donors (Lipinski definition) is 0. The maximum atomic E-state index is 6.32. The van der Waals surface area contributed by atoms with E-state index in [1.54, 1.807) is 0 Å². The fourth-order valence-corrected chi connectivity index (χ4v) is 7.00. The molecule has 0 saturated heterocycles. The molecule has 0 unspecified atom stereocenters. The van der Waals surface area contributed by atoms with Crippen molar-refractivity contribution < 1.29 is 14.2 Å². The molecule has 0 rings (SSSR count). The highest BCUT2D eigenvalue weighted by molar-refractivity contribution is 4.69. The molecule has 3 nitrogen and oxygen atoms in total. The molecule has 0 fully saturated rings. The quantitative estimate of drug-likeness (QED) is 0.0601. The van der Waals surface area contributed by atoms with Gasteiger partial charge in [-0.2, -0.15) is 0 Å². The number of rotatable bonds is 42. The topological polar surface area (TPSA) is 27.7 Å². The van der Waals surface area contributed by atoms with Crippen LogP contribution in [0, 0.1) is 0 Å².